The van der Waals surface area contributed by atoms with Crippen LogP contribution in [0.5, 0.6) is 0 Å². The monoisotopic (exact) mass is 237 g/mol. The maximum absolute atomic E-state index is 11.1. The Bertz CT molecular complexity index is 357. The highest BCUT2D eigenvalue weighted by atomic mass is 16.5. The van der Waals surface area contributed by atoms with E-state index in [-0.39, 0.29) is 12.2 Å². The zero-order chi connectivity index (χ0) is 12.9. The first-order chi connectivity index (χ1) is 7.88. The fraction of sp³-hybridized carbons (Fsp3) is 0.462. The average molecular weight is 237 g/mol. The van der Waals surface area contributed by atoms with Gasteiger partial charge in [-0.15, -0.1) is 0 Å². The van der Waals surface area contributed by atoms with Gasteiger partial charge < -0.3 is 15.2 Å². The van der Waals surface area contributed by atoms with Crippen molar-refractivity contribution in [2.45, 2.75) is 32.4 Å². The third-order valence-corrected chi connectivity index (χ3v) is 2.10. The molecule has 1 rings (SSSR count). The summed E-state index contributed by atoms with van der Waals surface area (Å²) in [6, 6.07) is 8.50. The van der Waals surface area contributed by atoms with E-state index in [2.05, 4.69) is 5.32 Å². The molecule has 4 heteroatoms. The molecule has 0 bridgehead atoms. The first kappa shape index (κ1) is 13.5. The number of aliphatic carboxylic acids is 1. The third kappa shape index (κ3) is 5.36. The molecule has 0 spiro atoms. The number of benzene rings is 1. The van der Waals surface area contributed by atoms with E-state index >= 15 is 0 Å². The number of anilines is 1. The summed E-state index contributed by atoms with van der Waals surface area (Å²) in [5, 5.41) is 12.0. The van der Waals surface area contributed by atoms with Crippen LogP contribution in [0.1, 0.15) is 20.8 Å². The van der Waals surface area contributed by atoms with Gasteiger partial charge in [0, 0.05) is 5.69 Å². The SMILES string of the molecule is CC(C)(C)OC[C@@H](Nc1ccccc1)C(=O)O. The van der Waals surface area contributed by atoms with Crippen molar-refractivity contribution in [2.75, 3.05) is 11.9 Å². The van der Waals surface area contributed by atoms with Gasteiger partial charge in [0.15, 0.2) is 0 Å². The minimum atomic E-state index is -0.918. The van der Waals surface area contributed by atoms with E-state index in [9.17, 15) is 4.79 Å². The third-order valence-electron chi connectivity index (χ3n) is 2.10. The van der Waals surface area contributed by atoms with Crippen LogP contribution in [-0.4, -0.2) is 29.3 Å². The van der Waals surface area contributed by atoms with Crippen molar-refractivity contribution in [3.05, 3.63) is 30.3 Å². The molecule has 0 aliphatic heterocycles. The molecular weight excluding hydrogens is 218 g/mol. The molecule has 0 aliphatic carbocycles. The van der Waals surface area contributed by atoms with Crippen molar-refractivity contribution in [2.24, 2.45) is 0 Å². The molecule has 4 nitrogen and oxygen atoms in total. The summed E-state index contributed by atoms with van der Waals surface area (Å²) in [5.41, 5.74) is 0.434. The summed E-state index contributed by atoms with van der Waals surface area (Å²) < 4.78 is 5.48. The fourth-order valence-corrected chi connectivity index (χ4v) is 1.24. The summed E-state index contributed by atoms with van der Waals surface area (Å²) in [4.78, 5) is 11.1. The Morgan fingerprint density at radius 2 is 1.94 bits per heavy atom. The van der Waals surface area contributed by atoms with Gasteiger partial charge in [0.1, 0.15) is 6.04 Å². The molecule has 0 amide bonds. The quantitative estimate of drug-likeness (QED) is 0.825. The van der Waals surface area contributed by atoms with Crippen LogP contribution in [0.3, 0.4) is 0 Å². The van der Waals surface area contributed by atoms with Crippen molar-refractivity contribution in [3.8, 4) is 0 Å². The van der Waals surface area contributed by atoms with Crippen LogP contribution in [0.25, 0.3) is 0 Å². The normalized spacial score (nSPS) is 13.1. The highest BCUT2D eigenvalue weighted by Crippen LogP contribution is 2.11. The highest BCUT2D eigenvalue weighted by Gasteiger charge is 2.20. The summed E-state index contributed by atoms with van der Waals surface area (Å²) in [7, 11) is 0. The zero-order valence-corrected chi connectivity index (χ0v) is 10.4. The van der Waals surface area contributed by atoms with Crippen LogP contribution in [0, 0.1) is 0 Å². The Labute approximate surface area is 102 Å². The molecule has 1 aromatic carbocycles. The van der Waals surface area contributed by atoms with Crippen molar-refractivity contribution in [1.29, 1.82) is 0 Å². The van der Waals surface area contributed by atoms with E-state index in [0.29, 0.717) is 0 Å². The fourth-order valence-electron chi connectivity index (χ4n) is 1.24. The van der Waals surface area contributed by atoms with Crippen LogP contribution >= 0.6 is 0 Å². The molecular formula is C13H19NO3. The van der Waals surface area contributed by atoms with E-state index < -0.39 is 12.0 Å². The number of carboxylic acid groups (broad SMARTS) is 1. The largest absolute Gasteiger partial charge is 0.480 e. The van der Waals surface area contributed by atoms with Gasteiger partial charge in [0.25, 0.3) is 0 Å². The van der Waals surface area contributed by atoms with E-state index in [4.69, 9.17) is 9.84 Å². The smallest absolute Gasteiger partial charge is 0.328 e. The predicted molar refractivity (Wildman–Crippen MR) is 67.2 cm³/mol. The Balaban J connectivity index is 2.59. The molecule has 0 unspecified atom stereocenters. The number of carbonyl (C=O) groups is 1. The lowest BCUT2D eigenvalue weighted by atomic mass is 10.2. The van der Waals surface area contributed by atoms with Crippen molar-refractivity contribution in [1.82, 2.24) is 0 Å². The topological polar surface area (TPSA) is 58.6 Å². The number of hydrogen-bond donors (Lipinski definition) is 2. The summed E-state index contributed by atoms with van der Waals surface area (Å²) in [6.07, 6.45) is 0. The number of ether oxygens (including phenoxy) is 1. The predicted octanol–water partition coefficient (Wildman–Crippen LogP) is 2.37. The maximum atomic E-state index is 11.1. The van der Waals surface area contributed by atoms with Crippen molar-refractivity contribution in [3.63, 3.8) is 0 Å². The average Bonchev–Trinajstić information content (AvgIpc) is 2.24. The maximum Gasteiger partial charge on any atom is 0.328 e. The van der Waals surface area contributed by atoms with Crippen LogP contribution < -0.4 is 5.32 Å². The number of hydrogen-bond acceptors (Lipinski definition) is 3. The highest BCUT2D eigenvalue weighted by molar-refractivity contribution is 5.77. The number of para-hydroxylation sites is 1. The van der Waals surface area contributed by atoms with Crippen LogP contribution in [-0.2, 0) is 9.53 Å². The second-order valence-corrected chi connectivity index (χ2v) is 4.82. The van der Waals surface area contributed by atoms with E-state index in [1.807, 2.05) is 51.1 Å². The first-order valence-electron chi connectivity index (χ1n) is 5.57. The molecule has 94 valence electrons. The number of carboxylic acids is 1. The molecule has 17 heavy (non-hydrogen) atoms. The van der Waals surface area contributed by atoms with Crippen LogP contribution in [0.2, 0.25) is 0 Å². The second-order valence-electron chi connectivity index (χ2n) is 4.82. The van der Waals surface area contributed by atoms with Gasteiger partial charge in [-0.2, -0.15) is 0 Å². The molecule has 0 aromatic heterocycles. The molecule has 1 atom stereocenters. The zero-order valence-electron chi connectivity index (χ0n) is 10.4. The molecule has 0 radical (unpaired) electrons. The lowest BCUT2D eigenvalue weighted by Crippen LogP contribution is -2.37. The first-order valence-corrected chi connectivity index (χ1v) is 5.57. The van der Waals surface area contributed by atoms with Crippen molar-refractivity contribution >= 4 is 11.7 Å². The Hall–Kier alpha value is -1.55. The molecule has 0 heterocycles. The second kappa shape index (κ2) is 5.68. The van der Waals surface area contributed by atoms with Crippen LogP contribution in [0.4, 0.5) is 5.69 Å². The van der Waals surface area contributed by atoms with Gasteiger partial charge in [-0.3, -0.25) is 0 Å². The van der Waals surface area contributed by atoms with Gasteiger partial charge in [-0.25, -0.2) is 4.79 Å². The lowest BCUT2D eigenvalue weighted by Gasteiger charge is -2.23. The van der Waals surface area contributed by atoms with Gasteiger partial charge in [0.2, 0.25) is 0 Å². The van der Waals surface area contributed by atoms with Gasteiger partial charge in [-0.05, 0) is 32.9 Å². The van der Waals surface area contributed by atoms with E-state index in [1.165, 1.54) is 0 Å². The molecule has 0 fully saturated rings. The summed E-state index contributed by atoms with van der Waals surface area (Å²) in [5.74, 6) is -0.918. The van der Waals surface area contributed by atoms with Crippen molar-refractivity contribution < 1.29 is 14.6 Å². The molecule has 0 aliphatic rings. The van der Waals surface area contributed by atoms with Gasteiger partial charge in [0.05, 0.1) is 12.2 Å². The lowest BCUT2D eigenvalue weighted by molar-refractivity contribution is -0.140. The number of rotatable bonds is 5. The summed E-state index contributed by atoms with van der Waals surface area (Å²) in [6.45, 7) is 5.82. The Morgan fingerprint density at radius 3 is 2.41 bits per heavy atom. The Kier molecular flexibility index (Phi) is 4.52. The van der Waals surface area contributed by atoms with Gasteiger partial charge >= 0.3 is 5.97 Å². The standard InChI is InChI=1S/C13H19NO3/c1-13(2,3)17-9-11(12(15)16)14-10-7-5-4-6-8-10/h4-8,11,14H,9H2,1-3H3,(H,15,16)/t11-/m1/s1. The summed E-state index contributed by atoms with van der Waals surface area (Å²) >= 11 is 0. The van der Waals surface area contributed by atoms with Gasteiger partial charge in [-0.1, -0.05) is 18.2 Å². The molecule has 2 N–H and O–H groups in total. The Morgan fingerprint density at radius 1 is 1.35 bits per heavy atom. The van der Waals surface area contributed by atoms with E-state index in [0.717, 1.165) is 5.69 Å². The molecule has 0 saturated carbocycles. The minimum absolute atomic E-state index is 0.133. The van der Waals surface area contributed by atoms with Crippen LogP contribution in [0.15, 0.2) is 30.3 Å². The number of nitrogens with one attached hydrogen (secondary N) is 1. The van der Waals surface area contributed by atoms with E-state index in [1.54, 1.807) is 0 Å². The minimum Gasteiger partial charge on any atom is -0.480 e. The molecule has 1 aromatic rings. The molecule has 0 saturated heterocycles.